The zero-order valence-corrected chi connectivity index (χ0v) is 10.2. The van der Waals surface area contributed by atoms with Crippen LogP contribution in [0.15, 0.2) is 0 Å². The Bertz CT molecular complexity index is 225. The zero-order valence-electron chi connectivity index (χ0n) is 10.2. The molecule has 2 atom stereocenters. The van der Waals surface area contributed by atoms with Crippen molar-refractivity contribution in [1.82, 2.24) is 10.2 Å². The molecule has 2 N–H and O–H groups in total. The minimum Gasteiger partial charge on any atom is -0.396 e. The van der Waals surface area contributed by atoms with Crippen molar-refractivity contribution in [2.45, 2.75) is 12.8 Å². The highest BCUT2D eigenvalue weighted by atomic mass is 16.5. The number of aliphatic hydroxyl groups is 1. The van der Waals surface area contributed by atoms with Crippen molar-refractivity contribution in [1.29, 1.82) is 0 Å². The third kappa shape index (κ3) is 2.40. The summed E-state index contributed by atoms with van der Waals surface area (Å²) in [7, 11) is 1.76. The second-order valence-corrected chi connectivity index (χ2v) is 5.28. The molecule has 0 saturated carbocycles. The molecule has 0 radical (unpaired) electrons. The summed E-state index contributed by atoms with van der Waals surface area (Å²) >= 11 is 0. The fourth-order valence-electron chi connectivity index (χ4n) is 3.11. The molecular weight excluding hydrogens is 204 g/mol. The summed E-state index contributed by atoms with van der Waals surface area (Å²) in [6.45, 7) is 6.64. The number of aliphatic hydroxyl groups excluding tert-OH is 1. The fourth-order valence-corrected chi connectivity index (χ4v) is 3.11. The normalized spacial score (nSPS) is 34.5. The van der Waals surface area contributed by atoms with E-state index < -0.39 is 0 Å². The standard InChI is InChI=1S/C12H24N2O2/c1-16-5-3-2-4-14-7-11-6-13-8-12(11,9-14)10-15/h11,13,15H,2-10H2,1H3. The number of likely N-dealkylation sites (tertiary alicyclic amines) is 1. The van der Waals surface area contributed by atoms with Crippen LogP contribution in [0.1, 0.15) is 12.8 Å². The van der Waals surface area contributed by atoms with Gasteiger partial charge in [0.05, 0.1) is 6.61 Å². The van der Waals surface area contributed by atoms with Crippen LogP contribution in [0.5, 0.6) is 0 Å². The second-order valence-electron chi connectivity index (χ2n) is 5.28. The van der Waals surface area contributed by atoms with Crippen LogP contribution < -0.4 is 5.32 Å². The molecule has 2 aliphatic rings. The Labute approximate surface area is 98.0 Å². The third-order valence-electron chi connectivity index (χ3n) is 4.14. The summed E-state index contributed by atoms with van der Waals surface area (Å²) in [5.74, 6) is 0.653. The van der Waals surface area contributed by atoms with Crippen LogP contribution in [0.2, 0.25) is 0 Å². The van der Waals surface area contributed by atoms with Gasteiger partial charge in [-0.05, 0) is 31.8 Å². The third-order valence-corrected chi connectivity index (χ3v) is 4.14. The van der Waals surface area contributed by atoms with Crippen molar-refractivity contribution >= 4 is 0 Å². The first-order valence-corrected chi connectivity index (χ1v) is 6.33. The fraction of sp³-hybridized carbons (Fsp3) is 1.00. The minimum absolute atomic E-state index is 0.154. The molecule has 0 aromatic rings. The van der Waals surface area contributed by atoms with Crippen LogP contribution >= 0.6 is 0 Å². The molecule has 4 nitrogen and oxygen atoms in total. The van der Waals surface area contributed by atoms with Gasteiger partial charge in [-0.25, -0.2) is 0 Å². The summed E-state index contributed by atoms with van der Waals surface area (Å²) in [6.07, 6.45) is 2.34. The first kappa shape index (κ1) is 12.3. The van der Waals surface area contributed by atoms with E-state index in [2.05, 4.69) is 10.2 Å². The van der Waals surface area contributed by atoms with E-state index in [0.29, 0.717) is 12.5 Å². The van der Waals surface area contributed by atoms with Gasteiger partial charge in [0.2, 0.25) is 0 Å². The van der Waals surface area contributed by atoms with Crippen LogP contribution in [0.25, 0.3) is 0 Å². The number of rotatable bonds is 6. The Hall–Kier alpha value is -0.160. The lowest BCUT2D eigenvalue weighted by atomic mass is 9.82. The summed E-state index contributed by atoms with van der Waals surface area (Å²) in [5.41, 5.74) is 0.154. The summed E-state index contributed by atoms with van der Waals surface area (Å²) in [5, 5.41) is 13.0. The molecule has 0 spiro atoms. The molecule has 2 rings (SSSR count). The first-order valence-electron chi connectivity index (χ1n) is 6.33. The van der Waals surface area contributed by atoms with Crippen molar-refractivity contribution < 1.29 is 9.84 Å². The van der Waals surface area contributed by atoms with E-state index in [1.807, 2.05) is 0 Å². The van der Waals surface area contributed by atoms with Gasteiger partial charge in [0.15, 0.2) is 0 Å². The van der Waals surface area contributed by atoms with Crippen molar-refractivity contribution in [3.05, 3.63) is 0 Å². The predicted octanol–water partition coefficient (Wildman–Crippen LogP) is -0.0733. The lowest BCUT2D eigenvalue weighted by molar-refractivity contribution is 0.123. The van der Waals surface area contributed by atoms with Gasteiger partial charge in [-0.15, -0.1) is 0 Å². The number of fused-ring (bicyclic) bond motifs is 1. The predicted molar refractivity (Wildman–Crippen MR) is 63.4 cm³/mol. The minimum atomic E-state index is 0.154. The number of nitrogens with one attached hydrogen (secondary N) is 1. The first-order chi connectivity index (χ1) is 7.80. The molecule has 16 heavy (non-hydrogen) atoms. The van der Waals surface area contributed by atoms with Crippen molar-refractivity contribution in [2.75, 3.05) is 53.0 Å². The molecular formula is C12H24N2O2. The molecule has 2 aliphatic heterocycles. The average molecular weight is 228 g/mol. The van der Waals surface area contributed by atoms with Gasteiger partial charge >= 0.3 is 0 Å². The Balaban J connectivity index is 1.74. The highest BCUT2D eigenvalue weighted by Gasteiger charge is 2.48. The number of hydrogen-bond acceptors (Lipinski definition) is 4. The van der Waals surface area contributed by atoms with E-state index >= 15 is 0 Å². The second kappa shape index (κ2) is 5.45. The van der Waals surface area contributed by atoms with Crippen LogP contribution in [0.4, 0.5) is 0 Å². The SMILES string of the molecule is COCCCCN1CC2CNCC2(CO)C1. The van der Waals surface area contributed by atoms with Gasteiger partial charge in [0.25, 0.3) is 0 Å². The summed E-state index contributed by atoms with van der Waals surface area (Å²) in [4.78, 5) is 2.51. The van der Waals surface area contributed by atoms with Gasteiger partial charge in [-0.1, -0.05) is 0 Å². The Morgan fingerprint density at radius 3 is 3.06 bits per heavy atom. The molecule has 0 aromatic carbocycles. The van der Waals surface area contributed by atoms with E-state index in [9.17, 15) is 5.11 Å². The molecule has 2 saturated heterocycles. The van der Waals surface area contributed by atoms with Gasteiger partial charge in [0.1, 0.15) is 0 Å². The highest BCUT2D eigenvalue weighted by Crippen LogP contribution is 2.38. The summed E-state index contributed by atoms with van der Waals surface area (Å²) < 4.78 is 5.05. The quantitative estimate of drug-likeness (QED) is 0.625. The summed E-state index contributed by atoms with van der Waals surface area (Å²) in [6, 6.07) is 0. The number of methoxy groups -OCH3 is 1. The Kier molecular flexibility index (Phi) is 4.19. The lowest BCUT2D eigenvalue weighted by Crippen LogP contribution is -2.36. The van der Waals surface area contributed by atoms with Crippen LogP contribution in [0, 0.1) is 11.3 Å². The van der Waals surface area contributed by atoms with Gasteiger partial charge in [-0.2, -0.15) is 0 Å². The maximum absolute atomic E-state index is 9.57. The highest BCUT2D eigenvalue weighted by molar-refractivity contribution is 5.02. The zero-order chi connectivity index (χ0) is 11.4. The van der Waals surface area contributed by atoms with Crippen molar-refractivity contribution in [2.24, 2.45) is 11.3 Å². The van der Waals surface area contributed by atoms with E-state index in [-0.39, 0.29) is 5.41 Å². The molecule has 0 aliphatic carbocycles. The van der Waals surface area contributed by atoms with Crippen molar-refractivity contribution in [3.8, 4) is 0 Å². The van der Waals surface area contributed by atoms with Crippen LogP contribution in [-0.4, -0.2) is 63.1 Å². The number of hydrogen-bond donors (Lipinski definition) is 2. The molecule has 0 aromatic heterocycles. The van der Waals surface area contributed by atoms with Gasteiger partial charge in [0, 0.05) is 38.8 Å². The average Bonchev–Trinajstić information content (AvgIpc) is 2.81. The van der Waals surface area contributed by atoms with Crippen LogP contribution in [0.3, 0.4) is 0 Å². The molecule has 94 valence electrons. The Morgan fingerprint density at radius 2 is 2.38 bits per heavy atom. The molecule has 0 bridgehead atoms. The molecule has 4 heteroatoms. The smallest absolute Gasteiger partial charge is 0.0515 e. The Morgan fingerprint density at radius 1 is 1.50 bits per heavy atom. The molecule has 2 unspecified atom stereocenters. The topological polar surface area (TPSA) is 44.7 Å². The van der Waals surface area contributed by atoms with E-state index in [1.165, 1.54) is 6.42 Å². The number of nitrogens with zero attached hydrogens (tertiary/aromatic N) is 1. The largest absolute Gasteiger partial charge is 0.396 e. The maximum Gasteiger partial charge on any atom is 0.0515 e. The van der Waals surface area contributed by atoms with E-state index in [1.54, 1.807) is 7.11 Å². The van der Waals surface area contributed by atoms with Crippen LogP contribution in [-0.2, 0) is 4.74 Å². The number of ether oxygens (including phenoxy) is 1. The number of unbranched alkanes of at least 4 members (excludes halogenated alkanes) is 1. The monoisotopic (exact) mass is 228 g/mol. The van der Waals surface area contributed by atoms with E-state index in [4.69, 9.17) is 4.74 Å². The lowest BCUT2D eigenvalue weighted by Gasteiger charge is -2.25. The maximum atomic E-state index is 9.57. The van der Waals surface area contributed by atoms with Gasteiger partial charge in [-0.3, -0.25) is 0 Å². The molecule has 0 amide bonds. The van der Waals surface area contributed by atoms with E-state index in [0.717, 1.165) is 45.8 Å². The molecule has 2 fully saturated rings. The van der Waals surface area contributed by atoms with Gasteiger partial charge < -0.3 is 20.1 Å². The molecule has 2 heterocycles. The van der Waals surface area contributed by atoms with Crippen molar-refractivity contribution in [3.63, 3.8) is 0 Å².